The Hall–Kier alpha value is -5.54. The fourth-order valence-corrected chi connectivity index (χ4v) is 6.58. The Labute approximate surface area is 300 Å². The van der Waals surface area contributed by atoms with Crippen LogP contribution in [0.5, 0.6) is 0 Å². The Bertz CT molecular complexity index is 2040. The fourth-order valence-electron chi connectivity index (χ4n) is 5.61. The van der Waals surface area contributed by atoms with Crippen molar-refractivity contribution in [2.24, 2.45) is 10.1 Å². The summed E-state index contributed by atoms with van der Waals surface area (Å²) < 4.78 is 54.6. The predicted octanol–water partition coefficient (Wildman–Crippen LogP) is 5.66. The van der Waals surface area contributed by atoms with Gasteiger partial charge in [-0.25, -0.2) is 27.9 Å². The minimum Gasteiger partial charge on any atom is -0.443 e. The summed E-state index contributed by atoms with van der Waals surface area (Å²) in [5.41, 5.74) is -0.752. The van der Waals surface area contributed by atoms with Crippen LogP contribution in [0.3, 0.4) is 0 Å². The van der Waals surface area contributed by atoms with Crippen LogP contribution in [0.1, 0.15) is 47.7 Å². The molecule has 0 radical (unpaired) electrons. The molecule has 0 aliphatic carbocycles. The molecule has 2 aromatic heterocycles. The Balaban J connectivity index is 1.39. The molecule has 0 bridgehead atoms. The highest BCUT2D eigenvalue weighted by atomic mass is 32.1. The quantitative estimate of drug-likeness (QED) is 0.0764. The van der Waals surface area contributed by atoms with Gasteiger partial charge in [0.15, 0.2) is 29.8 Å². The highest BCUT2D eigenvalue weighted by molar-refractivity contribution is 7.10. The maximum absolute atomic E-state index is 15.5. The van der Waals surface area contributed by atoms with Crippen LogP contribution in [0.25, 0.3) is 11.3 Å². The number of ether oxygens (including phenoxy) is 2. The molecule has 0 spiro atoms. The molecule has 13 nitrogen and oxygen atoms in total. The normalized spacial score (nSPS) is 17.3. The average molecular weight is 736 g/mol. The van der Waals surface area contributed by atoms with Crippen molar-refractivity contribution >= 4 is 41.9 Å². The second-order valence-electron chi connectivity index (χ2n) is 12.1. The van der Waals surface area contributed by atoms with Crippen LogP contribution >= 0.6 is 11.3 Å². The summed E-state index contributed by atoms with van der Waals surface area (Å²) in [7, 11) is 3.36. The molecule has 1 aliphatic heterocycles. The van der Waals surface area contributed by atoms with Gasteiger partial charge < -0.3 is 14.6 Å². The summed E-state index contributed by atoms with van der Waals surface area (Å²) in [5.74, 6) is -5.48. The number of hydrogen-bond donors (Lipinski definition) is 2. The van der Waals surface area contributed by atoms with Gasteiger partial charge in [-0.3, -0.25) is 15.0 Å². The first-order valence-electron chi connectivity index (χ1n) is 15.8. The third kappa shape index (κ3) is 8.32. The number of aliphatic imine (C=N–C) groups is 1. The lowest BCUT2D eigenvalue weighted by Gasteiger charge is -2.38. The number of nitrogens with one attached hydrogen (secondary N) is 1. The zero-order valence-corrected chi connectivity index (χ0v) is 29.3. The lowest BCUT2D eigenvalue weighted by molar-refractivity contribution is -0.848. The number of amides is 1. The van der Waals surface area contributed by atoms with Gasteiger partial charge in [-0.1, -0.05) is 24.2 Å². The average Bonchev–Trinajstić information content (AvgIpc) is 3.79. The number of nitrogens with zero attached hydrogens (tertiary/aromatic N) is 7. The fraction of sp³-hybridized carbons (Fsp3) is 0.286. The Kier molecular flexibility index (Phi) is 11.4. The molecule has 2 N–H and O–H groups in total. The van der Waals surface area contributed by atoms with Gasteiger partial charge >= 0.3 is 12.1 Å². The van der Waals surface area contributed by atoms with Gasteiger partial charge in [0.25, 0.3) is 0 Å². The molecule has 17 heteroatoms. The van der Waals surface area contributed by atoms with Crippen molar-refractivity contribution in [3.63, 3.8) is 0 Å². The number of esters is 1. The van der Waals surface area contributed by atoms with Crippen LogP contribution in [0.4, 0.5) is 23.8 Å². The number of anilines is 1. The molecule has 1 aliphatic rings. The van der Waals surface area contributed by atoms with Crippen molar-refractivity contribution in [3.8, 4) is 17.3 Å². The van der Waals surface area contributed by atoms with Crippen LogP contribution in [-0.4, -0.2) is 83.1 Å². The van der Waals surface area contributed by atoms with Crippen molar-refractivity contribution in [1.29, 1.82) is 5.26 Å². The van der Waals surface area contributed by atoms with Crippen molar-refractivity contribution in [2.75, 3.05) is 39.1 Å². The summed E-state index contributed by atoms with van der Waals surface area (Å²) in [4.78, 5) is 39.2. The van der Waals surface area contributed by atoms with Gasteiger partial charge in [0.1, 0.15) is 31.3 Å². The SMILES string of the molecule is CC(=O)OC(c1cccnc1NC(=O)OCC[N+]1(C[C@](O)(c2cc(F)c(F)cc2F)[C@@H](C)c2nc(-c3ccc(C#N)cc3)cs2)C=NC=N1)N(C)C. The van der Waals surface area contributed by atoms with Gasteiger partial charge in [-0.2, -0.15) is 10.3 Å². The molecule has 4 aromatic rings. The number of aliphatic hydroxyl groups is 1. The van der Waals surface area contributed by atoms with Crippen LogP contribution in [0.2, 0.25) is 0 Å². The van der Waals surface area contributed by atoms with E-state index in [1.54, 1.807) is 67.7 Å². The maximum atomic E-state index is 15.5. The monoisotopic (exact) mass is 735 g/mol. The summed E-state index contributed by atoms with van der Waals surface area (Å²) in [5, 5.41) is 30.6. The Morgan fingerprint density at radius 1 is 1.13 bits per heavy atom. The molecule has 52 heavy (non-hydrogen) atoms. The molecular weight excluding hydrogens is 701 g/mol. The van der Waals surface area contributed by atoms with E-state index in [0.29, 0.717) is 39.5 Å². The van der Waals surface area contributed by atoms with E-state index in [4.69, 9.17) is 14.7 Å². The number of thiazole rings is 1. The Morgan fingerprint density at radius 3 is 2.52 bits per heavy atom. The summed E-state index contributed by atoms with van der Waals surface area (Å²) in [6, 6.07) is 12.9. The first kappa shape index (κ1) is 37.7. The number of carbonyl (C=O) groups excluding carboxylic acids is 2. The molecule has 0 fully saturated rings. The van der Waals surface area contributed by atoms with Crippen LogP contribution in [0.15, 0.2) is 70.2 Å². The highest BCUT2D eigenvalue weighted by Crippen LogP contribution is 2.43. The number of hydrogen-bond acceptors (Lipinski definition) is 12. The van der Waals surface area contributed by atoms with E-state index >= 15 is 4.39 Å². The number of aromatic nitrogens is 2. The van der Waals surface area contributed by atoms with Gasteiger partial charge in [0.2, 0.25) is 6.34 Å². The molecule has 0 saturated carbocycles. The molecule has 5 rings (SSSR count). The number of rotatable bonds is 13. The number of quaternary nitrogens is 1. The van der Waals surface area contributed by atoms with E-state index in [1.165, 1.54) is 25.8 Å². The van der Waals surface area contributed by atoms with E-state index in [0.717, 1.165) is 11.3 Å². The molecule has 2 unspecified atom stereocenters. The van der Waals surface area contributed by atoms with Crippen LogP contribution < -0.4 is 5.32 Å². The number of halogens is 3. The number of benzene rings is 2. The second-order valence-corrected chi connectivity index (χ2v) is 13.0. The third-order valence-electron chi connectivity index (χ3n) is 8.32. The zero-order valence-electron chi connectivity index (χ0n) is 28.5. The zero-order chi connectivity index (χ0) is 37.6. The van der Waals surface area contributed by atoms with Gasteiger partial charge in [-0.15, -0.1) is 15.9 Å². The molecule has 4 atom stereocenters. The maximum Gasteiger partial charge on any atom is 0.413 e. The second kappa shape index (κ2) is 15.8. The summed E-state index contributed by atoms with van der Waals surface area (Å²) in [6.07, 6.45) is 2.21. The molecule has 0 saturated heterocycles. The minimum atomic E-state index is -2.27. The van der Waals surface area contributed by atoms with E-state index < -0.39 is 64.0 Å². The predicted molar refractivity (Wildman–Crippen MR) is 185 cm³/mol. The summed E-state index contributed by atoms with van der Waals surface area (Å²) >= 11 is 1.16. The standard InChI is InChI=1S/C35H33F3N8O5S/c1-21(32-43-30(17-52-32)24-9-7-23(16-39)8-10-24)35(49,26-14-28(37)29(38)15-27(26)36)18-46(20-40-19-42-46)12-13-50-34(48)44-31-25(6-5-11-41-31)33(45(3)4)51-22(2)47/h5-11,14-15,17,19-21,33,49H,12-13,18H2,1-4H3/p+1/t21-,33?,35+,46?/m0/s1. The molecule has 2 aromatic carbocycles. The van der Waals surface area contributed by atoms with Gasteiger partial charge in [-0.05, 0) is 44.4 Å². The molecular formula is C35H34F3N8O5S+. The molecule has 3 heterocycles. The van der Waals surface area contributed by atoms with E-state index in [-0.39, 0.29) is 19.0 Å². The number of carbonyl (C=O) groups is 2. The first-order valence-corrected chi connectivity index (χ1v) is 16.6. The van der Waals surface area contributed by atoms with Crippen molar-refractivity contribution in [1.82, 2.24) is 14.9 Å². The minimum absolute atomic E-state index is 0.0814. The lowest BCUT2D eigenvalue weighted by atomic mass is 9.81. The van der Waals surface area contributed by atoms with Gasteiger partial charge in [0.05, 0.1) is 27.9 Å². The molecule has 270 valence electrons. The smallest absolute Gasteiger partial charge is 0.413 e. The Morgan fingerprint density at radius 2 is 1.87 bits per heavy atom. The van der Waals surface area contributed by atoms with E-state index in [9.17, 15) is 23.5 Å². The van der Waals surface area contributed by atoms with E-state index in [1.807, 2.05) is 6.07 Å². The van der Waals surface area contributed by atoms with E-state index in [2.05, 4.69) is 25.4 Å². The van der Waals surface area contributed by atoms with Crippen molar-refractivity contribution in [2.45, 2.75) is 31.6 Å². The first-order chi connectivity index (χ1) is 24.7. The number of pyridine rings is 1. The summed E-state index contributed by atoms with van der Waals surface area (Å²) in [6.45, 7) is 1.95. The highest BCUT2D eigenvalue weighted by Gasteiger charge is 2.49. The van der Waals surface area contributed by atoms with Crippen LogP contribution in [-0.2, 0) is 19.9 Å². The van der Waals surface area contributed by atoms with Crippen molar-refractivity contribution < 1.29 is 41.9 Å². The molecule has 1 amide bonds. The topological polar surface area (TPSA) is 162 Å². The van der Waals surface area contributed by atoms with Crippen LogP contribution in [0, 0.1) is 28.8 Å². The third-order valence-corrected chi connectivity index (χ3v) is 9.35. The van der Waals surface area contributed by atoms with Crippen molar-refractivity contribution in [3.05, 3.63) is 99.3 Å². The number of nitriles is 1. The largest absolute Gasteiger partial charge is 0.443 e. The lowest BCUT2D eigenvalue weighted by Crippen LogP contribution is -2.54. The van der Waals surface area contributed by atoms with Gasteiger partial charge in [0, 0.05) is 41.6 Å².